The number of ether oxygens (including phenoxy) is 1. The highest BCUT2D eigenvalue weighted by Crippen LogP contribution is 2.32. The molecule has 24 heavy (non-hydrogen) atoms. The van der Waals surface area contributed by atoms with Crippen molar-refractivity contribution >= 4 is 33.3 Å². The van der Waals surface area contributed by atoms with Crippen LogP contribution in [0.5, 0.6) is 5.75 Å². The van der Waals surface area contributed by atoms with E-state index in [1.165, 1.54) is 39.2 Å². The Bertz CT molecular complexity index is 957. The fourth-order valence-corrected chi connectivity index (χ4v) is 3.62. The average molecular weight is 369 g/mol. The van der Waals surface area contributed by atoms with E-state index in [2.05, 4.69) is 4.72 Å². The SMILES string of the molecule is COc1ccc(Cl)cc1S(=O)(=O)Nc1oc(C)c(C(C)=O)c1C#N. The van der Waals surface area contributed by atoms with Gasteiger partial charge in [0.05, 0.1) is 12.7 Å². The molecule has 0 aliphatic heterocycles. The maximum absolute atomic E-state index is 12.6. The Morgan fingerprint density at radius 3 is 2.62 bits per heavy atom. The van der Waals surface area contributed by atoms with Crippen molar-refractivity contribution in [3.8, 4) is 11.8 Å². The number of nitriles is 1. The van der Waals surface area contributed by atoms with Crippen LogP contribution in [-0.2, 0) is 10.0 Å². The molecule has 0 atom stereocenters. The van der Waals surface area contributed by atoms with Gasteiger partial charge in [0.15, 0.2) is 5.78 Å². The first-order valence-electron chi connectivity index (χ1n) is 6.62. The van der Waals surface area contributed by atoms with Crippen molar-refractivity contribution in [2.75, 3.05) is 11.8 Å². The maximum Gasteiger partial charge on any atom is 0.267 e. The van der Waals surface area contributed by atoms with Gasteiger partial charge in [-0.05, 0) is 32.0 Å². The van der Waals surface area contributed by atoms with E-state index in [1.807, 2.05) is 0 Å². The number of benzene rings is 1. The lowest BCUT2D eigenvalue weighted by atomic mass is 10.1. The van der Waals surface area contributed by atoms with E-state index in [0.717, 1.165) is 0 Å². The first-order chi connectivity index (χ1) is 11.2. The Kier molecular flexibility index (Phi) is 4.87. The summed E-state index contributed by atoms with van der Waals surface area (Å²) in [4.78, 5) is 11.4. The molecule has 7 nitrogen and oxygen atoms in total. The lowest BCUT2D eigenvalue weighted by Gasteiger charge is -2.10. The van der Waals surface area contributed by atoms with E-state index >= 15 is 0 Å². The Morgan fingerprint density at radius 2 is 2.08 bits per heavy atom. The number of hydrogen-bond acceptors (Lipinski definition) is 6. The standard InChI is InChI=1S/C15H13ClN2O5S/c1-8(19)14-9(2)23-15(11(14)7-17)18-24(20,21)13-6-10(16)4-5-12(13)22-3/h4-6,18H,1-3H3. The molecule has 0 unspecified atom stereocenters. The minimum Gasteiger partial charge on any atom is -0.495 e. The molecule has 2 rings (SSSR count). The van der Waals surface area contributed by atoms with Crippen LogP contribution in [0.2, 0.25) is 5.02 Å². The van der Waals surface area contributed by atoms with Crippen LogP contribution in [-0.4, -0.2) is 21.3 Å². The predicted octanol–water partition coefficient (Wildman–Crippen LogP) is 3.13. The van der Waals surface area contributed by atoms with Gasteiger partial charge in [0.2, 0.25) is 5.88 Å². The molecule has 0 amide bonds. The topological polar surface area (TPSA) is 109 Å². The van der Waals surface area contributed by atoms with Crippen molar-refractivity contribution in [3.05, 3.63) is 40.1 Å². The minimum absolute atomic E-state index is 0.0354. The maximum atomic E-state index is 12.6. The van der Waals surface area contributed by atoms with Gasteiger partial charge in [0, 0.05) is 5.02 Å². The molecular weight excluding hydrogens is 356 g/mol. The van der Waals surface area contributed by atoms with E-state index in [0.29, 0.717) is 0 Å². The Balaban J connectivity index is 2.56. The zero-order valence-electron chi connectivity index (χ0n) is 13.0. The number of nitrogens with zero attached hydrogens (tertiary/aromatic N) is 1. The molecule has 2 aromatic rings. The number of hydrogen-bond donors (Lipinski definition) is 1. The van der Waals surface area contributed by atoms with Gasteiger partial charge in [0.1, 0.15) is 28.0 Å². The third-order valence-corrected chi connectivity index (χ3v) is 4.78. The molecule has 0 aliphatic rings. The number of sulfonamides is 1. The number of rotatable bonds is 5. The molecule has 9 heteroatoms. The molecule has 0 aliphatic carbocycles. The summed E-state index contributed by atoms with van der Waals surface area (Å²) in [5.41, 5.74) is -0.141. The van der Waals surface area contributed by atoms with Gasteiger partial charge < -0.3 is 9.15 Å². The Labute approximate surface area is 143 Å². The minimum atomic E-state index is -4.16. The van der Waals surface area contributed by atoms with Crippen molar-refractivity contribution in [3.63, 3.8) is 0 Å². The van der Waals surface area contributed by atoms with Crippen LogP contribution in [0.4, 0.5) is 5.88 Å². The van der Waals surface area contributed by atoms with Crippen LogP contribution in [0.15, 0.2) is 27.5 Å². The summed E-state index contributed by atoms with van der Waals surface area (Å²) in [6, 6.07) is 5.86. The van der Waals surface area contributed by atoms with Gasteiger partial charge in [-0.3, -0.25) is 4.79 Å². The van der Waals surface area contributed by atoms with Gasteiger partial charge in [-0.15, -0.1) is 0 Å². The first kappa shape index (κ1) is 17.8. The number of nitrogens with one attached hydrogen (secondary N) is 1. The average Bonchev–Trinajstić information content (AvgIpc) is 2.81. The summed E-state index contributed by atoms with van der Waals surface area (Å²) in [6.45, 7) is 2.73. The largest absolute Gasteiger partial charge is 0.495 e. The van der Waals surface area contributed by atoms with Gasteiger partial charge in [-0.25, -0.2) is 13.1 Å². The molecule has 1 N–H and O–H groups in total. The molecular formula is C15H13ClN2O5S. The highest BCUT2D eigenvalue weighted by molar-refractivity contribution is 7.92. The summed E-state index contributed by atoms with van der Waals surface area (Å²) >= 11 is 5.84. The van der Waals surface area contributed by atoms with Crippen molar-refractivity contribution in [2.24, 2.45) is 0 Å². The summed E-state index contributed by atoms with van der Waals surface area (Å²) in [6.07, 6.45) is 0. The Hall–Kier alpha value is -2.50. The van der Waals surface area contributed by atoms with Crippen LogP contribution in [0.25, 0.3) is 0 Å². The van der Waals surface area contributed by atoms with E-state index in [-0.39, 0.29) is 38.4 Å². The highest BCUT2D eigenvalue weighted by atomic mass is 35.5. The predicted molar refractivity (Wildman–Crippen MR) is 87.0 cm³/mol. The fraction of sp³-hybridized carbons (Fsp3) is 0.200. The van der Waals surface area contributed by atoms with Crippen molar-refractivity contribution in [1.29, 1.82) is 5.26 Å². The van der Waals surface area contributed by atoms with Crippen LogP contribution < -0.4 is 9.46 Å². The number of Topliss-reactive ketones (excluding diaryl/α,β-unsaturated/α-hetero) is 1. The number of methoxy groups -OCH3 is 1. The lowest BCUT2D eigenvalue weighted by Crippen LogP contribution is -2.14. The van der Waals surface area contributed by atoms with Crippen molar-refractivity contribution in [1.82, 2.24) is 0 Å². The summed E-state index contributed by atoms with van der Waals surface area (Å²) < 4.78 is 37.6. The number of furan rings is 1. The van der Waals surface area contributed by atoms with Crippen molar-refractivity contribution < 1.29 is 22.4 Å². The Morgan fingerprint density at radius 1 is 1.42 bits per heavy atom. The molecule has 1 aromatic heterocycles. The molecule has 0 saturated heterocycles. The fourth-order valence-electron chi connectivity index (χ4n) is 2.18. The van der Waals surface area contributed by atoms with Crippen molar-refractivity contribution in [2.45, 2.75) is 18.7 Å². The lowest BCUT2D eigenvalue weighted by molar-refractivity contribution is 0.101. The van der Waals surface area contributed by atoms with E-state index in [1.54, 1.807) is 6.07 Å². The number of halogens is 1. The summed E-state index contributed by atoms with van der Waals surface area (Å²) in [7, 11) is -2.84. The number of ketones is 1. The first-order valence-corrected chi connectivity index (χ1v) is 8.48. The molecule has 1 aromatic carbocycles. The van der Waals surface area contributed by atoms with Gasteiger partial charge in [-0.1, -0.05) is 11.6 Å². The van der Waals surface area contributed by atoms with Gasteiger partial charge in [0.25, 0.3) is 10.0 Å². The van der Waals surface area contributed by atoms with Crippen LogP contribution in [0.1, 0.15) is 28.6 Å². The second kappa shape index (κ2) is 6.55. The smallest absolute Gasteiger partial charge is 0.267 e. The third-order valence-electron chi connectivity index (χ3n) is 3.19. The molecule has 0 fully saturated rings. The van der Waals surface area contributed by atoms with E-state index in [4.69, 9.17) is 20.8 Å². The summed E-state index contributed by atoms with van der Waals surface area (Å²) in [5, 5.41) is 9.42. The zero-order valence-corrected chi connectivity index (χ0v) is 14.6. The zero-order chi connectivity index (χ0) is 18.1. The van der Waals surface area contributed by atoms with Gasteiger partial charge >= 0.3 is 0 Å². The van der Waals surface area contributed by atoms with E-state index < -0.39 is 15.8 Å². The highest BCUT2D eigenvalue weighted by Gasteiger charge is 2.27. The van der Waals surface area contributed by atoms with Gasteiger partial charge in [-0.2, -0.15) is 5.26 Å². The van der Waals surface area contributed by atoms with E-state index in [9.17, 15) is 18.5 Å². The monoisotopic (exact) mass is 368 g/mol. The number of aryl methyl sites for hydroxylation is 1. The molecule has 0 spiro atoms. The molecule has 0 saturated carbocycles. The molecule has 1 heterocycles. The third kappa shape index (κ3) is 3.22. The second-order valence-electron chi connectivity index (χ2n) is 4.81. The molecule has 0 radical (unpaired) electrons. The van der Waals surface area contributed by atoms with Crippen LogP contribution >= 0.6 is 11.6 Å². The summed E-state index contributed by atoms with van der Waals surface area (Å²) in [5.74, 6) is -0.518. The molecule has 126 valence electrons. The quantitative estimate of drug-likeness (QED) is 0.812. The van der Waals surface area contributed by atoms with Crippen LogP contribution in [0, 0.1) is 18.3 Å². The number of carbonyl (C=O) groups excluding carboxylic acids is 1. The number of carbonyl (C=O) groups is 1. The van der Waals surface area contributed by atoms with Crippen LogP contribution in [0.3, 0.4) is 0 Å². The second-order valence-corrected chi connectivity index (χ2v) is 6.89. The molecule has 0 bridgehead atoms. The normalized spacial score (nSPS) is 11.0. The number of anilines is 1.